The van der Waals surface area contributed by atoms with Crippen molar-refractivity contribution in [3.8, 4) is 17.0 Å². The lowest BCUT2D eigenvalue weighted by Crippen LogP contribution is -1.93. The maximum absolute atomic E-state index is 6.16. The fourth-order valence-corrected chi connectivity index (χ4v) is 2.03. The molecule has 2 N–H and O–H groups in total. The Labute approximate surface area is 104 Å². The Hall–Kier alpha value is -1.68. The van der Waals surface area contributed by atoms with E-state index < -0.39 is 0 Å². The van der Waals surface area contributed by atoms with Gasteiger partial charge in [-0.1, -0.05) is 23.7 Å². The lowest BCUT2D eigenvalue weighted by Gasteiger charge is -2.10. The molecule has 0 fully saturated rings. The van der Waals surface area contributed by atoms with Crippen molar-refractivity contribution in [2.75, 3.05) is 12.8 Å². The predicted molar refractivity (Wildman–Crippen MR) is 67.3 cm³/mol. The highest BCUT2D eigenvalue weighted by molar-refractivity contribution is 6.32. The van der Waals surface area contributed by atoms with Gasteiger partial charge in [0.05, 0.1) is 12.1 Å². The number of anilines is 1. The molecule has 2 rings (SSSR count). The number of rotatable bonds is 3. The summed E-state index contributed by atoms with van der Waals surface area (Å²) in [6.45, 7) is 2.04. The van der Waals surface area contributed by atoms with Crippen molar-refractivity contribution >= 4 is 17.5 Å². The highest BCUT2D eigenvalue weighted by Crippen LogP contribution is 2.34. The van der Waals surface area contributed by atoms with Crippen LogP contribution in [-0.4, -0.2) is 12.3 Å². The molecular weight excluding hydrogens is 240 g/mol. The molecule has 0 spiro atoms. The first-order valence-electron chi connectivity index (χ1n) is 5.24. The van der Waals surface area contributed by atoms with E-state index in [-0.39, 0.29) is 5.88 Å². The van der Waals surface area contributed by atoms with Crippen LogP contribution >= 0.6 is 11.6 Å². The molecule has 5 heteroatoms. The zero-order chi connectivity index (χ0) is 12.4. The zero-order valence-electron chi connectivity index (χ0n) is 9.66. The van der Waals surface area contributed by atoms with E-state index in [2.05, 4.69) is 5.16 Å². The number of aryl methyl sites for hydroxylation is 1. The van der Waals surface area contributed by atoms with Crippen LogP contribution in [0.4, 0.5) is 5.88 Å². The van der Waals surface area contributed by atoms with E-state index in [0.717, 1.165) is 17.5 Å². The minimum absolute atomic E-state index is 0.282. The van der Waals surface area contributed by atoms with Crippen LogP contribution in [-0.2, 0) is 6.42 Å². The predicted octanol–water partition coefficient (Wildman–Crippen LogP) is 3.15. The van der Waals surface area contributed by atoms with Crippen LogP contribution in [0, 0.1) is 0 Å². The first kappa shape index (κ1) is 11.8. The average molecular weight is 253 g/mol. The zero-order valence-corrected chi connectivity index (χ0v) is 10.4. The van der Waals surface area contributed by atoms with Gasteiger partial charge in [0.25, 0.3) is 0 Å². The molecule has 0 saturated carbocycles. The van der Waals surface area contributed by atoms with Crippen LogP contribution in [0.1, 0.15) is 12.5 Å². The Morgan fingerprint density at radius 2 is 2.18 bits per heavy atom. The van der Waals surface area contributed by atoms with Crippen molar-refractivity contribution in [1.82, 2.24) is 5.16 Å². The quantitative estimate of drug-likeness (QED) is 0.912. The van der Waals surface area contributed by atoms with E-state index in [1.807, 2.05) is 13.0 Å². The molecule has 0 atom stereocenters. The first-order chi connectivity index (χ1) is 8.15. The number of nitrogens with zero attached hydrogens (tertiary/aromatic N) is 1. The van der Waals surface area contributed by atoms with Gasteiger partial charge in [-0.2, -0.15) is 0 Å². The second kappa shape index (κ2) is 4.67. The SMILES string of the molecule is CCc1cc(-c2cc(N)on2)cc(Cl)c1OC. The van der Waals surface area contributed by atoms with E-state index in [0.29, 0.717) is 16.5 Å². The van der Waals surface area contributed by atoms with E-state index in [1.165, 1.54) is 0 Å². The second-order valence-electron chi connectivity index (χ2n) is 3.62. The topological polar surface area (TPSA) is 61.3 Å². The van der Waals surface area contributed by atoms with E-state index >= 15 is 0 Å². The van der Waals surface area contributed by atoms with Crippen LogP contribution < -0.4 is 10.5 Å². The molecule has 1 heterocycles. The van der Waals surface area contributed by atoms with Crippen molar-refractivity contribution in [3.63, 3.8) is 0 Å². The maximum atomic E-state index is 6.16. The van der Waals surface area contributed by atoms with Gasteiger partial charge in [-0.15, -0.1) is 0 Å². The highest BCUT2D eigenvalue weighted by Gasteiger charge is 2.12. The average Bonchev–Trinajstić information content (AvgIpc) is 2.74. The molecule has 0 aliphatic heterocycles. The van der Waals surface area contributed by atoms with Gasteiger partial charge < -0.3 is 15.0 Å². The van der Waals surface area contributed by atoms with Gasteiger partial charge in [0, 0.05) is 11.6 Å². The summed E-state index contributed by atoms with van der Waals surface area (Å²) in [5, 5.41) is 4.42. The van der Waals surface area contributed by atoms with E-state index in [1.54, 1.807) is 19.2 Å². The van der Waals surface area contributed by atoms with Crippen LogP contribution in [0.25, 0.3) is 11.3 Å². The normalized spacial score (nSPS) is 10.5. The Morgan fingerprint density at radius 3 is 2.71 bits per heavy atom. The van der Waals surface area contributed by atoms with Crippen LogP contribution in [0.5, 0.6) is 5.75 Å². The molecular formula is C12H13ClN2O2. The molecule has 2 aromatic rings. The molecule has 0 amide bonds. The van der Waals surface area contributed by atoms with Crippen molar-refractivity contribution in [3.05, 3.63) is 28.8 Å². The molecule has 4 nitrogen and oxygen atoms in total. The number of aromatic nitrogens is 1. The lowest BCUT2D eigenvalue weighted by molar-refractivity contribution is 0.410. The highest BCUT2D eigenvalue weighted by atomic mass is 35.5. The lowest BCUT2D eigenvalue weighted by atomic mass is 10.1. The minimum Gasteiger partial charge on any atom is -0.495 e. The summed E-state index contributed by atoms with van der Waals surface area (Å²) in [6.07, 6.45) is 0.823. The third-order valence-corrected chi connectivity index (χ3v) is 2.81. The monoisotopic (exact) mass is 252 g/mol. The Balaban J connectivity index is 2.53. The fraction of sp³-hybridized carbons (Fsp3) is 0.250. The smallest absolute Gasteiger partial charge is 0.222 e. The molecule has 1 aromatic heterocycles. The molecule has 0 bridgehead atoms. The second-order valence-corrected chi connectivity index (χ2v) is 4.03. The van der Waals surface area contributed by atoms with Gasteiger partial charge in [-0.25, -0.2) is 0 Å². The summed E-state index contributed by atoms with van der Waals surface area (Å²) in [5.74, 6) is 0.986. The maximum Gasteiger partial charge on any atom is 0.222 e. The van der Waals surface area contributed by atoms with Gasteiger partial charge in [-0.05, 0) is 24.1 Å². The number of nitrogen functional groups attached to an aromatic ring is 1. The molecule has 0 aliphatic rings. The van der Waals surface area contributed by atoms with Gasteiger partial charge in [0.1, 0.15) is 11.4 Å². The van der Waals surface area contributed by atoms with Crippen molar-refractivity contribution in [2.45, 2.75) is 13.3 Å². The van der Waals surface area contributed by atoms with Crippen molar-refractivity contribution in [1.29, 1.82) is 0 Å². The molecule has 90 valence electrons. The number of benzene rings is 1. The van der Waals surface area contributed by atoms with Gasteiger partial charge >= 0.3 is 0 Å². The summed E-state index contributed by atoms with van der Waals surface area (Å²) in [4.78, 5) is 0. The minimum atomic E-state index is 0.282. The van der Waals surface area contributed by atoms with Crippen LogP contribution in [0.2, 0.25) is 5.02 Å². The standard InChI is InChI=1S/C12H13ClN2O2/c1-3-7-4-8(5-9(13)12(7)16-2)10-6-11(14)17-15-10/h4-6H,3,14H2,1-2H3. The van der Waals surface area contributed by atoms with Gasteiger partial charge in [0.15, 0.2) is 0 Å². The number of ether oxygens (including phenoxy) is 1. The summed E-state index contributed by atoms with van der Waals surface area (Å²) in [6, 6.07) is 5.43. The van der Waals surface area contributed by atoms with Gasteiger partial charge in [-0.3, -0.25) is 0 Å². The van der Waals surface area contributed by atoms with E-state index in [4.69, 9.17) is 26.6 Å². The first-order valence-corrected chi connectivity index (χ1v) is 5.62. The van der Waals surface area contributed by atoms with Crippen LogP contribution in [0.3, 0.4) is 0 Å². The summed E-state index contributed by atoms with van der Waals surface area (Å²) >= 11 is 6.16. The summed E-state index contributed by atoms with van der Waals surface area (Å²) in [5.41, 5.74) is 8.06. The van der Waals surface area contributed by atoms with Crippen LogP contribution in [0.15, 0.2) is 22.7 Å². The molecule has 0 radical (unpaired) electrons. The largest absolute Gasteiger partial charge is 0.495 e. The molecule has 17 heavy (non-hydrogen) atoms. The molecule has 0 aliphatic carbocycles. The number of hydrogen-bond donors (Lipinski definition) is 1. The Kier molecular flexibility index (Phi) is 3.24. The Bertz CT molecular complexity index is 537. The third-order valence-electron chi connectivity index (χ3n) is 2.53. The van der Waals surface area contributed by atoms with Crippen molar-refractivity contribution in [2.24, 2.45) is 0 Å². The summed E-state index contributed by atoms with van der Waals surface area (Å²) in [7, 11) is 1.61. The molecule has 1 aromatic carbocycles. The molecule has 0 saturated heterocycles. The number of hydrogen-bond acceptors (Lipinski definition) is 4. The van der Waals surface area contributed by atoms with Gasteiger partial charge in [0.2, 0.25) is 5.88 Å². The fourth-order valence-electron chi connectivity index (χ4n) is 1.71. The summed E-state index contributed by atoms with van der Waals surface area (Å²) < 4.78 is 10.1. The third kappa shape index (κ3) is 2.22. The van der Waals surface area contributed by atoms with E-state index in [9.17, 15) is 0 Å². The number of methoxy groups -OCH3 is 1. The molecule has 0 unspecified atom stereocenters. The Morgan fingerprint density at radius 1 is 1.41 bits per heavy atom. The number of nitrogens with two attached hydrogens (primary N) is 1. The van der Waals surface area contributed by atoms with Crippen molar-refractivity contribution < 1.29 is 9.26 Å². The number of halogens is 1.